The molecule has 0 aliphatic rings. The van der Waals surface area contributed by atoms with E-state index in [1.165, 1.54) is 6.42 Å². The van der Waals surface area contributed by atoms with Gasteiger partial charge in [-0.25, -0.2) is 9.98 Å². The molecule has 31 heavy (non-hydrogen) atoms. The lowest BCUT2D eigenvalue weighted by Crippen LogP contribution is -2.42. The first kappa shape index (κ1) is 24.7. The zero-order valence-electron chi connectivity index (χ0n) is 19.6. The zero-order chi connectivity index (χ0) is 22.3. The monoisotopic (exact) mass is 425 g/mol. The fourth-order valence-electron chi connectivity index (χ4n) is 3.35. The summed E-state index contributed by atoms with van der Waals surface area (Å²) in [7, 11) is 0. The average molecular weight is 426 g/mol. The summed E-state index contributed by atoms with van der Waals surface area (Å²) < 4.78 is 5.97. The zero-order valence-corrected chi connectivity index (χ0v) is 19.6. The fourth-order valence-corrected chi connectivity index (χ4v) is 3.35. The van der Waals surface area contributed by atoms with Gasteiger partial charge in [-0.05, 0) is 58.0 Å². The Morgan fingerprint density at radius 1 is 1.10 bits per heavy atom. The second kappa shape index (κ2) is 14.4. The van der Waals surface area contributed by atoms with Gasteiger partial charge in [-0.15, -0.1) is 0 Å². The minimum Gasteiger partial charge on any atom is -0.473 e. The van der Waals surface area contributed by atoms with Gasteiger partial charge in [0.25, 0.3) is 0 Å². The van der Waals surface area contributed by atoms with Gasteiger partial charge >= 0.3 is 0 Å². The minimum absolute atomic E-state index is 0.357. The number of nitrogens with zero attached hydrogens (tertiary/aromatic N) is 3. The molecule has 1 atom stereocenters. The molecule has 0 radical (unpaired) electrons. The molecule has 1 aromatic carbocycles. The van der Waals surface area contributed by atoms with Crippen LogP contribution in [0.2, 0.25) is 0 Å². The van der Waals surface area contributed by atoms with Crippen molar-refractivity contribution in [3.8, 4) is 5.88 Å². The van der Waals surface area contributed by atoms with Gasteiger partial charge in [0, 0.05) is 24.3 Å². The van der Waals surface area contributed by atoms with Crippen molar-refractivity contribution in [2.75, 3.05) is 26.2 Å². The minimum atomic E-state index is 0.357. The normalized spacial score (nSPS) is 12.6. The van der Waals surface area contributed by atoms with Crippen molar-refractivity contribution in [2.24, 2.45) is 4.99 Å². The second-order valence-electron chi connectivity index (χ2n) is 7.65. The summed E-state index contributed by atoms with van der Waals surface area (Å²) in [6.07, 6.45) is 4.05. The van der Waals surface area contributed by atoms with Gasteiger partial charge in [0.1, 0.15) is 6.61 Å². The lowest BCUT2D eigenvalue weighted by atomic mass is 10.2. The Balaban J connectivity index is 1.92. The summed E-state index contributed by atoms with van der Waals surface area (Å²) in [6.45, 7) is 13.9. The molecule has 0 saturated heterocycles. The third-order valence-corrected chi connectivity index (χ3v) is 5.21. The number of benzene rings is 1. The van der Waals surface area contributed by atoms with E-state index in [9.17, 15) is 0 Å². The van der Waals surface area contributed by atoms with Crippen molar-refractivity contribution in [2.45, 2.75) is 59.7 Å². The van der Waals surface area contributed by atoms with Crippen molar-refractivity contribution in [1.29, 1.82) is 0 Å². The molecule has 0 aliphatic carbocycles. The first-order valence-electron chi connectivity index (χ1n) is 11.5. The van der Waals surface area contributed by atoms with Crippen LogP contribution in [0, 0.1) is 0 Å². The molecule has 0 spiro atoms. The summed E-state index contributed by atoms with van der Waals surface area (Å²) in [5, 5.41) is 6.88. The molecule has 0 saturated carbocycles. The van der Waals surface area contributed by atoms with Crippen LogP contribution >= 0.6 is 0 Å². The Hall–Kier alpha value is -2.60. The van der Waals surface area contributed by atoms with E-state index >= 15 is 0 Å². The lowest BCUT2D eigenvalue weighted by molar-refractivity contribution is 0.290. The van der Waals surface area contributed by atoms with Crippen LogP contribution in [-0.4, -0.2) is 48.1 Å². The van der Waals surface area contributed by atoms with Crippen LogP contribution in [0.3, 0.4) is 0 Å². The van der Waals surface area contributed by atoms with Crippen LogP contribution in [-0.2, 0) is 13.2 Å². The number of guanidine groups is 1. The maximum absolute atomic E-state index is 5.97. The first-order chi connectivity index (χ1) is 15.2. The van der Waals surface area contributed by atoms with Gasteiger partial charge in [0.15, 0.2) is 5.96 Å². The van der Waals surface area contributed by atoms with Gasteiger partial charge in [-0.2, -0.15) is 0 Å². The molecule has 2 N–H and O–H groups in total. The maximum Gasteiger partial charge on any atom is 0.218 e. The highest BCUT2D eigenvalue weighted by molar-refractivity contribution is 5.80. The highest BCUT2D eigenvalue weighted by atomic mass is 16.5. The highest BCUT2D eigenvalue weighted by Crippen LogP contribution is 2.17. The van der Waals surface area contributed by atoms with Crippen LogP contribution in [0.1, 0.15) is 51.7 Å². The van der Waals surface area contributed by atoms with Crippen LogP contribution in [0.25, 0.3) is 0 Å². The third-order valence-electron chi connectivity index (χ3n) is 5.21. The molecule has 1 heterocycles. The topological polar surface area (TPSA) is 61.8 Å². The van der Waals surface area contributed by atoms with E-state index < -0.39 is 0 Å². The van der Waals surface area contributed by atoms with Gasteiger partial charge < -0.3 is 20.3 Å². The summed E-state index contributed by atoms with van der Waals surface area (Å²) in [5.74, 6) is 1.47. The van der Waals surface area contributed by atoms with Crippen molar-refractivity contribution in [3.63, 3.8) is 0 Å². The summed E-state index contributed by atoms with van der Waals surface area (Å²) in [4.78, 5) is 11.7. The number of aliphatic imine (C=N–C) groups is 1. The van der Waals surface area contributed by atoms with Gasteiger partial charge in [-0.1, -0.05) is 50.2 Å². The summed E-state index contributed by atoms with van der Waals surface area (Å²) >= 11 is 0. The van der Waals surface area contributed by atoms with Crippen LogP contribution in [0.15, 0.2) is 53.7 Å². The molecule has 1 aromatic heterocycles. The fraction of sp³-hybridized carbons (Fsp3) is 0.520. The van der Waals surface area contributed by atoms with Crippen LogP contribution < -0.4 is 15.4 Å². The Morgan fingerprint density at radius 3 is 2.58 bits per heavy atom. The molecular weight excluding hydrogens is 386 g/mol. The SMILES string of the molecule is CCNC(=NCc1cccnc1OCc1ccccc1)NC(C)CCCN(CC)CC. The molecule has 6 heteroatoms. The molecular formula is C25H39N5O. The van der Waals surface area contributed by atoms with Gasteiger partial charge in [0.05, 0.1) is 6.54 Å². The Kier molecular flexibility index (Phi) is 11.5. The van der Waals surface area contributed by atoms with E-state index in [2.05, 4.69) is 60.3 Å². The van der Waals surface area contributed by atoms with E-state index in [4.69, 9.17) is 9.73 Å². The standard InChI is InChI=1S/C25H39N5O/c1-5-26-25(29-21(4)13-12-18-30(6-2)7-3)28-19-23-16-11-17-27-24(23)31-20-22-14-9-8-10-15-22/h8-11,14-17,21H,5-7,12-13,18-20H2,1-4H3,(H2,26,28,29). The third kappa shape index (κ3) is 9.39. The summed E-state index contributed by atoms with van der Waals surface area (Å²) in [6, 6.07) is 14.4. The second-order valence-corrected chi connectivity index (χ2v) is 7.65. The Morgan fingerprint density at radius 2 is 1.87 bits per heavy atom. The van der Waals surface area contributed by atoms with E-state index in [1.54, 1.807) is 6.20 Å². The maximum atomic E-state index is 5.97. The van der Waals surface area contributed by atoms with E-state index in [-0.39, 0.29) is 0 Å². The lowest BCUT2D eigenvalue weighted by Gasteiger charge is -2.21. The average Bonchev–Trinajstić information content (AvgIpc) is 2.80. The van der Waals surface area contributed by atoms with Crippen LogP contribution in [0.5, 0.6) is 5.88 Å². The van der Waals surface area contributed by atoms with E-state index in [1.807, 2.05) is 30.3 Å². The molecule has 2 aromatic rings. The number of aromatic nitrogens is 1. The number of ether oxygens (including phenoxy) is 1. The van der Waals surface area contributed by atoms with Gasteiger partial charge in [-0.3, -0.25) is 0 Å². The van der Waals surface area contributed by atoms with E-state index in [0.29, 0.717) is 25.1 Å². The Bertz CT molecular complexity index is 762. The Labute approximate surface area is 188 Å². The molecule has 170 valence electrons. The van der Waals surface area contributed by atoms with Crippen LogP contribution in [0.4, 0.5) is 0 Å². The number of nitrogens with one attached hydrogen (secondary N) is 2. The number of hydrogen-bond acceptors (Lipinski definition) is 4. The quantitative estimate of drug-likeness (QED) is 0.372. The summed E-state index contributed by atoms with van der Waals surface area (Å²) in [5.41, 5.74) is 2.10. The molecule has 6 nitrogen and oxygen atoms in total. The number of pyridine rings is 1. The van der Waals surface area contributed by atoms with E-state index in [0.717, 1.165) is 49.7 Å². The highest BCUT2D eigenvalue weighted by Gasteiger charge is 2.09. The molecule has 0 amide bonds. The van der Waals surface area contributed by atoms with Crippen molar-refractivity contribution >= 4 is 5.96 Å². The molecule has 0 fully saturated rings. The smallest absolute Gasteiger partial charge is 0.218 e. The van der Waals surface area contributed by atoms with Gasteiger partial charge in [0.2, 0.25) is 5.88 Å². The predicted molar refractivity (Wildman–Crippen MR) is 129 cm³/mol. The number of hydrogen-bond donors (Lipinski definition) is 2. The van der Waals surface area contributed by atoms with Crippen molar-refractivity contribution in [3.05, 3.63) is 59.8 Å². The molecule has 1 unspecified atom stereocenters. The predicted octanol–water partition coefficient (Wildman–Crippen LogP) is 4.23. The molecule has 0 aliphatic heterocycles. The molecule has 0 bridgehead atoms. The molecule has 2 rings (SSSR count). The largest absolute Gasteiger partial charge is 0.473 e. The number of rotatable bonds is 13. The van der Waals surface area contributed by atoms with Crippen molar-refractivity contribution in [1.82, 2.24) is 20.5 Å². The van der Waals surface area contributed by atoms with Crippen molar-refractivity contribution < 1.29 is 4.74 Å². The first-order valence-corrected chi connectivity index (χ1v) is 11.5.